The van der Waals surface area contributed by atoms with Gasteiger partial charge < -0.3 is 4.90 Å². The molecule has 10 heavy (non-hydrogen) atoms. The fraction of sp³-hybridized carbons (Fsp3) is 0.375. The summed E-state index contributed by atoms with van der Waals surface area (Å²) in [7, 11) is 3.87. The molecule has 2 heteroatoms. The lowest BCUT2D eigenvalue weighted by atomic mass is 10.4. The topological polar surface area (TPSA) is 15.6 Å². The summed E-state index contributed by atoms with van der Waals surface area (Å²) in [6.45, 7) is 5.41. The Bertz CT molecular complexity index is 155. The second-order valence-electron chi connectivity index (χ2n) is 2.10. The Morgan fingerprint density at radius 2 is 2.10 bits per heavy atom. The number of hydrogen-bond donors (Lipinski definition) is 0. The van der Waals surface area contributed by atoms with E-state index in [1.165, 1.54) is 0 Å². The van der Waals surface area contributed by atoms with Crippen LogP contribution in [-0.2, 0) is 0 Å². The summed E-state index contributed by atoms with van der Waals surface area (Å²) in [5.74, 6) is 0.873. The van der Waals surface area contributed by atoms with Gasteiger partial charge in [-0.25, -0.2) is 4.99 Å². The SMILES string of the molecule is C=N/C(=C\C=C/C)N(C)C. The minimum atomic E-state index is 0.873. The van der Waals surface area contributed by atoms with Gasteiger partial charge in [-0.15, -0.1) is 0 Å². The van der Waals surface area contributed by atoms with Crippen molar-refractivity contribution in [1.82, 2.24) is 4.90 Å². The Hall–Kier alpha value is -1.05. The zero-order valence-corrected chi connectivity index (χ0v) is 6.83. The summed E-state index contributed by atoms with van der Waals surface area (Å²) >= 11 is 0. The first-order chi connectivity index (χ1) is 4.72. The standard InChI is InChI=1S/C8H14N2/c1-5-6-7-8(9-2)10(3)4/h5-7H,2H2,1,3-4H3/b6-5-,8-7+. The lowest BCUT2D eigenvalue weighted by molar-refractivity contribution is 0.508. The number of aliphatic imine (C=N–C) groups is 1. The first-order valence-corrected chi connectivity index (χ1v) is 3.19. The molecule has 0 rings (SSSR count). The van der Waals surface area contributed by atoms with Crippen LogP contribution in [0.4, 0.5) is 0 Å². The molecule has 0 fully saturated rings. The maximum Gasteiger partial charge on any atom is 0.127 e. The molecule has 0 aromatic carbocycles. The number of rotatable bonds is 3. The molecular weight excluding hydrogens is 124 g/mol. The first kappa shape index (κ1) is 8.95. The van der Waals surface area contributed by atoms with E-state index in [1.807, 2.05) is 44.1 Å². The van der Waals surface area contributed by atoms with Crippen molar-refractivity contribution in [2.24, 2.45) is 4.99 Å². The molecule has 0 heterocycles. The molecule has 0 unspecified atom stereocenters. The third kappa shape index (κ3) is 3.07. The maximum absolute atomic E-state index is 3.81. The van der Waals surface area contributed by atoms with Gasteiger partial charge in [0.15, 0.2) is 0 Å². The first-order valence-electron chi connectivity index (χ1n) is 3.19. The molecule has 0 saturated carbocycles. The lowest BCUT2D eigenvalue weighted by Gasteiger charge is -2.10. The third-order valence-electron chi connectivity index (χ3n) is 1.06. The van der Waals surface area contributed by atoms with Gasteiger partial charge in [0.05, 0.1) is 0 Å². The predicted octanol–water partition coefficient (Wildman–Crippen LogP) is 1.67. The summed E-state index contributed by atoms with van der Waals surface area (Å²) in [6.07, 6.45) is 5.80. The summed E-state index contributed by atoms with van der Waals surface area (Å²) in [5, 5.41) is 0. The molecule has 0 atom stereocenters. The highest BCUT2D eigenvalue weighted by molar-refractivity contribution is 5.29. The molecule has 0 aliphatic carbocycles. The summed E-state index contributed by atoms with van der Waals surface area (Å²) < 4.78 is 0. The Kier molecular flexibility index (Phi) is 4.29. The molecule has 0 amide bonds. The van der Waals surface area contributed by atoms with E-state index in [-0.39, 0.29) is 0 Å². The van der Waals surface area contributed by atoms with Crippen molar-refractivity contribution in [2.75, 3.05) is 14.1 Å². The quantitative estimate of drug-likeness (QED) is 0.428. The summed E-state index contributed by atoms with van der Waals surface area (Å²) in [6, 6.07) is 0. The van der Waals surface area contributed by atoms with E-state index in [2.05, 4.69) is 11.7 Å². The molecule has 0 spiro atoms. The van der Waals surface area contributed by atoms with E-state index in [0.29, 0.717) is 0 Å². The van der Waals surface area contributed by atoms with E-state index in [4.69, 9.17) is 0 Å². The molecule has 0 saturated heterocycles. The van der Waals surface area contributed by atoms with Crippen molar-refractivity contribution >= 4 is 6.72 Å². The molecule has 0 aromatic rings. The highest BCUT2D eigenvalue weighted by Gasteiger charge is 1.89. The molecule has 2 nitrogen and oxygen atoms in total. The average Bonchev–Trinajstić information content (AvgIpc) is 1.89. The van der Waals surface area contributed by atoms with Crippen molar-refractivity contribution in [3.05, 3.63) is 24.0 Å². The second-order valence-corrected chi connectivity index (χ2v) is 2.10. The van der Waals surface area contributed by atoms with Crippen LogP contribution in [0.25, 0.3) is 0 Å². The molecular formula is C8H14N2. The van der Waals surface area contributed by atoms with Crippen molar-refractivity contribution in [3.8, 4) is 0 Å². The molecule has 0 N–H and O–H groups in total. The Labute approximate surface area is 62.6 Å². The van der Waals surface area contributed by atoms with Crippen LogP contribution >= 0.6 is 0 Å². The average molecular weight is 138 g/mol. The zero-order valence-electron chi connectivity index (χ0n) is 6.83. The van der Waals surface area contributed by atoms with E-state index >= 15 is 0 Å². The molecule has 56 valence electrons. The van der Waals surface area contributed by atoms with Crippen LogP contribution in [0, 0.1) is 0 Å². The molecule has 0 aromatic heterocycles. The highest BCUT2D eigenvalue weighted by Crippen LogP contribution is 1.98. The summed E-state index contributed by atoms with van der Waals surface area (Å²) in [5.41, 5.74) is 0. The number of nitrogens with zero attached hydrogens (tertiary/aromatic N) is 2. The fourth-order valence-electron chi connectivity index (χ4n) is 0.525. The van der Waals surface area contributed by atoms with Gasteiger partial charge in [0.2, 0.25) is 0 Å². The van der Waals surface area contributed by atoms with Crippen LogP contribution in [0.15, 0.2) is 29.0 Å². The van der Waals surface area contributed by atoms with E-state index in [1.54, 1.807) is 0 Å². The molecule has 0 bridgehead atoms. The Morgan fingerprint density at radius 1 is 1.50 bits per heavy atom. The minimum Gasteiger partial charge on any atom is -0.363 e. The lowest BCUT2D eigenvalue weighted by Crippen LogP contribution is -2.08. The van der Waals surface area contributed by atoms with E-state index in [9.17, 15) is 0 Å². The Balaban J connectivity index is 4.18. The van der Waals surface area contributed by atoms with Gasteiger partial charge in [-0.1, -0.05) is 12.2 Å². The smallest absolute Gasteiger partial charge is 0.127 e. The van der Waals surface area contributed by atoms with Crippen molar-refractivity contribution in [3.63, 3.8) is 0 Å². The number of hydrogen-bond acceptors (Lipinski definition) is 2. The Morgan fingerprint density at radius 3 is 2.40 bits per heavy atom. The highest BCUT2D eigenvalue weighted by atomic mass is 15.2. The normalized spacial score (nSPS) is 12.1. The van der Waals surface area contributed by atoms with Gasteiger partial charge in [0, 0.05) is 14.1 Å². The van der Waals surface area contributed by atoms with Gasteiger partial charge in [0.1, 0.15) is 5.82 Å². The van der Waals surface area contributed by atoms with Crippen molar-refractivity contribution < 1.29 is 0 Å². The van der Waals surface area contributed by atoms with Crippen LogP contribution in [0.3, 0.4) is 0 Å². The maximum atomic E-state index is 3.81. The van der Waals surface area contributed by atoms with Crippen molar-refractivity contribution in [2.45, 2.75) is 6.92 Å². The van der Waals surface area contributed by atoms with Gasteiger partial charge in [-0.05, 0) is 19.7 Å². The second kappa shape index (κ2) is 4.79. The third-order valence-corrected chi connectivity index (χ3v) is 1.06. The van der Waals surface area contributed by atoms with E-state index < -0.39 is 0 Å². The van der Waals surface area contributed by atoms with Gasteiger partial charge in [0.25, 0.3) is 0 Å². The largest absolute Gasteiger partial charge is 0.363 e. The molecule has 0 aliphatic rings. The zero-order chi connectivity index (χ0) is 7.98. The van der Waals surface area contributed by atoms with Crippen molar-refractivity contribution in [1.29, 1.82) is 0 Å². The van der Waals surface area contributed by atoms with Crippen LogP contribution in [0.5, 0.6) is 0 Å². The van der Waals surface area contributed by atoms with Crippen LogP contribution < -0.4 is 0 Å². The molecule has 0 aliphatic heterocycles. The van der Waals surface area contributed by atoms with Gasteiger partial charge >= 0.3 is 0 Å². The van der Waals surface area contributed by atoms with Gasteiger partial charge in [-0.2, -0.15) is 0 Å². The van der Waals surface area contributed by atoms with E-state index in [0.717, 1.165) is 5.82 Å². The van der Waals surface area contributed by atoms with Gasteiger partial charge in [-0.3, -0.25) is 0 Å². The summed E-state index contributed by atoms with van der Waals surface area (Å²) in [4.78, 5) is 5.72. The predicted molar refractivity (Wildman–Crippen MR) is 46.1 cm³/mol. The van der Waals surface area contributed by atoms with Crippen LogP contribution in [0.2, 0.25) is 0 Å². The molecule has 0 radical (unpaired) electrons. The monoisotopic (exact) mass is 138 g/mol. The van der Waals surface area contributed by atoms with Crippen LogP contribution in [0.1, 0.15) is 6.92 Å². The fourth-order valence-corrected chi connectivity index (χ4v) is 0.525. The van der Waals surface area contributed by atoms with Crippen LogP contribution in [-0.4, -0.2) is 25.7 Å². The number of allylic oxidation sites excluding steroid dienone is 3. The minimum absolute atomic E-state index is 0.873.